The standard InChI is InChI=1S/C2H5N3O.ClH/c3-5-1-2-6-4-5;/h1-2,4H,3H2;1H. The van der Waals surface area contributed by atoms with Crippen molar-refractivity contribution in [3.05, 3.63) is 12.5 Å². The summed E-state index contributed by atoms with van der Waals surface area (Å²) in [6, 6.07) is 0. The number of hydrogen-bond acceptors (Lipinski definition) is 4. The van der Waals surface area contributed by atoms with Crippen LogP contribution in [0.1, 0.15) is 0 Å². The van der Waals surface area contributed by atoms with Crippen LogP contribution in [0, 0.1) is 0 Å². The van der Waals surface area contributed by atoms with Crippen molar-refractivity contribution in [3.8, 4) is 0 Å². The topological polar surface area (TPSA) is 50.5 Å². The molecule has 0 aromatic heterocycles. The Balaban J connectivity index is 0.000000360. The molecule has 1 rings (SSSR count). The SMILES string of the molecule is Cl.NN1C=CON1. The zero-order valence-electron chi connectivity index (χ0n) is 3.50. The summed E-state index contributed by atoms with van der Waals surface area (Å²) >= 11 is 0. The first-order valence-corrected chi connectivity index (χ1v) is 1.51. The third-order valence-corrected chi connectivity index (χ3v) is 0.448. The highest BCUT2D eigenvalue weighted by atomic mass is 35.5. The number of rotatable bonds is 0. The summed E-state index contributed by atoms with van der Waals surface area (Å²) in [6.07, 6.45) is 3.00. The number of hydrogen-bond donors (Lipinski definition) is 2. The molecule has 0 amide bonds. The molecule has 4 nitrogen and oxygen atoms in total. The third-order valence-electron chi connectivity index (χ3n) is 0.448. The molecule has 7 heavy (non-hydrogen) atoms. The number of nitrogens with two attached hydrogens (primary N) is 1. The summed E-state index contributed by atoms with van der Waals surface area (Å²) in [5.41, 5.74) is 2.32. The van der Waals surface area contributed by atoms with Crippen LogP contribution in [-0.4, -0.2) is 5.12 Å². The maximum absolute atomic E-state index is 5.05. The Morgan fingerprint density at radius 1 is 1.71 bits per heavy atom. The van der Waals surface area contributed by atoms with E-state index in [0.717, 1.165) is 0 Å². The maximum atomic E-state index is 5.05. The van der Waals surface area contributed by atoms with E-state index in [0.29, 0.717) is 0 Å². The lowest BCUT2D eigenvalue weighted by Gasteiger charge is -2.01. The first-order valence-electron chi connectivity index (χ1n) is 1.51. The van der Waals surface area contributed by atoms with Crippen molar-refractivity contribution in [1.29, 1.82) is 0 Å². The van der Waals surface area contributed by atoms with E-state index in [2.05, 4.69) is 10.4 Å². The quantitative estimate of drug-likeness (QED) is 0.427. The molecule has 0 spiro atoms. The van der Waals surface area contributed by atoms with E-state index < -0.39 is 0 Å². The summed E-state index contributed by atoms with van der Waals surface area (Å²) in [7, 11) is 0. The van der Waals surface area contributed by atoms with E-state index in [-0.39, 0.29) is 12.4 Å². The van der Waals surface area contributed by atoms with Crippen LogP contribution < -0.4 is 11.4 Å². The number of halogens is 1. The predicted octanol–water partition coefficient (Wildman–Crippen LogP) is -0.495. The van der Waals surface area contributed by atoms with Crippen molar-refractivity contribution in [2.24, 2.45) is 5.84 Å². The van der Waals surface area contributed by atoms with Gasteiger partial charge in [0.15, 0.2) is 0 Å². The van der Waals surface area contributed by atoms with Gasteiger partial charge in [-0.15, -0.1) is 12.4 Å². The van der Waals surface area contributed by atoms with Crippen LogP contribution in [0.15, 0.2) is 12.5 Å². The van der Waals surface area contributed by atoms with Gasteiger partial charge in [0.05, 0.1) is 6.20 Å². The van der Waals surface area contributed by atoms with Gasteiger partial charge in [-0.2, -0.15) is 0 Å². The van der Waals surface area contributed by atoms with Gasteiger partial charge >= 0.3 is 0 Å². The molecule has 0 radical (unpaired) electrons. The molecule has 0 aliphatic carbocycles. The molecule has 1 aliphatic rings. The molecule has 0 saturated heterocycles. The molecule has 1 heterocycles. The average Bonchev–Trinajstić information content (AvgIpc) is 1.86. The minimum atomic E-state index is 0. The summed E-state index contributed by atoms with van der Waals surface area (Å²) in [6.45, 7) is 0. The fourth-order valence-corrected chi connectivity index (χ4v) is 0.218. The molecule has 0 fully saturated rings. The Hall–Kier alpha value is -0.450. The van der Waals surface area contributed by atoms with E-state index in [9.17, 15) is 0 Å². The molecule has 0 aromatic rings. The Kier molecular flexibility index (Phi) is 2.51. The van der Waals surface area contributed by atoms with Crippen molar-refractivity contribution in [2.75, 3.05) is 0 Å². The summed E-state index contributed by atoms with van der Waals surface area (Å²) < 4.78 is 0. The largest absolute Gasteiger partial charge is 0.394 e. The number of nitrogens with one attached hydrogen (secondary N) is 1. The van der Waals surface area contributed by atoms with Crippen LogP contribution in [-0.2, 0) is 4.84 Å². The molecule has 1 aliphatic heterocycles. The zero-order valence-corrected chi connectivity index (χ0v) is 4.31. The highest BCUT2D eigenvalue weighted by molar-refractivity contribution is 5.85. The zero-order chi connectivity index (χ0) is 4.41. The Labute approximate surface area is 47.2 Å². The summed E-state index contributed by atoms with van der Waals surface area (Å²) in [5, 5.41) is 1.21. The van der Waals surface area contributed by atoms with Crippen LogP contribution in [0.4, 0.5) is 0 Å². The summed E-state index contributed by atoms with van der Waals surface area (Å²) in [4.78, 5) is 4.43. The van der Waals surface area contributed by atoms with Crippen molar-refractivity contribution in [3.63, 3.8) is 0 Å². The fourth-order valence-electron chi connectivity index (χ4n) is 0.218. The van der Waals surface area contributed by atoms with Crippen molar-refractivity contribution < 1.29 is 4.84 Å². The lowest BCUT2D eigenvalue weighted by molar-refractivity contribution is 0.0359. The van der Waals surface area contributed by atoms with Crippen LogP contribution in [0.5, 0.6) is 0 Å². The number of hydrazine groups is 2. The molecule has 0 aromatic carbocycles. The van der Waals surface area contributed by atoms with Gasteiger partial charge in [0, 0.05) is 0 Å². The lowest BCUT2D eigenvalue weighted by atomic mass is 11.0. The van der Waals surface area contributed by atoms with Crippen LogP contribution in [0.25, 0.3) is 0 Å². The van der Waals surface area contributed by atoms with Gasteiger partial charge in [0.25, 0.3) is 0 Å². The third kappa shape index (κ3) is 1.63. The minimum absolute atomic E-state index is 0. The highest BCUT2D eigenvalue weighted by Crippen LogP contribution is 1.82. The monoisotopic (exact) mass is 123 g/mol. The molecule has 42 valence electrons. The van der Waals surface area contributed by atoms with E-state index >= 15 is 0 Å². The molecular weight excluding hydrogens is 117 g/mol. The molecule has 0 bridgehead atoms. The molecule has 3 N–H and O–H groups in total. The summed E-state index contributed by atoms with van der Waals surface area (Å²) in [5.74, 6) is 5.05. The van der Waals surface area contributed by atoms with Gasteiger partial charge in [0.1, 0.15) is 6.26 Å². The number of nitrogens with zero attached hydrogens (tertiary/aromatic N) is 1. The average molecular weight is 124 g/mol. The van der Waals surface area contributed by atoms with Gasteiger partial charge in [0.2, 0.25) is 0 Å². The van der Waals surface area contributed by atoms with Gasteiger partial charge in [-0.05, 0) is 0 Å². The van der Waals surface area contributed by atoms with Crippen molar-refractivity contribution >= 4 is 12.4 Å². The minimum Gasteiger partial charge on any atom is -0.394 e. The van der Waals surface area contributed by atoms with Gasteiger partial charge in [-0.25, -0.2) is 11.0 Å². The Morgan fingerprint density at radius 2 is 2.43 bits per heavy atom. The van der Waals surface area contributed by atoms with E-state index in [1.54, 1.807) is 6.20 Å². The van der Waals surface area contributed by atoms with Gasteiger partial charge < -0.3 is 4.84 Å². The normalized spacial score (nSPS) is 15.9. The second-order valence-electron chi connectivity index (χ2n) is 0.902. The van der Waals surface area contributed by atoms with Crippen LogP contribution >= 0.6 is 12.4 Å². The predicted molar refractivity (Wildman–Crippen MR) is 26.6 cm³/mol. The Bertz CT molecular complexity index is 75.3. The van der Waals surface area contributed by atoms with Gasteiger partial charge in [-0.3, -0.25) is 0 Å². The van der Waals surface area contributed by atoms with Crippen LogP contribution in [0.2, 0.25) is 0 Å². The maximum Gasteiger partial charge on any atom is 0.132 e. The fraction of sp³-hybridized carbons (Fsp3) is 0. The molecule has 0 saturated carbocycles. The van der Waals surface area contributed by atoms with E-state index in [1.165, 1.54) is 11.4 Å². The molecule has 5 heteroatoms. The smallest absolute Gasteiger partial charge is 0.132 e. The van der Waals surface area contributed by atoms with Crippen molar-refractivity contribution in [1.82, 2.24) is 10.7 Å². The second-order valence-corrected chi connectivity index (χ2v) is 0.902. The molecule has 0 unspecified atom stereocenters. The lowest BCUT2D eigenvalue weighted by Crippen LogP contribution is -2.33. The Morgan fingerprint density at radius 3 is 2.57 bits per heavy atom. The van der Waals surface area contributed by atoms with E-state index in [1.807, 2.05) is 0 Å². The highest BCUT2D eigenvalue weighted by Gasteiger charge is 1.92. The first kappa shape index (κ1) is 6.55. The second kappa shape index (κ2) is 2.68. The van der Waals surface area contributed by atoms with Gasteiger partial charge in [-0.1, -0.05) is 5.59 Å². The molecular formula is C2H6ClN3O. The first-order chi connectivity index (χ1) is 2.89. The van der Waals surface area contributed by atoms with Crippen LogP contribution in [0.3, 0.4) is 0 Å². The van der Waals surface area contributed by atoms with E-state index in [4.69, 9.17) is 5.84 Å². The van der Waals surface area contributed by atoms with Crippen molar-refractivity contribution in [2.45, 2.75) is 0 Å². The molecule has 0 atom stereocenters.